The van der Waals surface area contributed by atoms with Crippen LogP contribution in [0.2, 0.25) is 0 Å². The second kappa shape index (κ2) is 3.13. The van der Waals surface area contributed by atoms with Crippen molar-refractivity contribution >= 4 is 5.69 Å². The van der Waals surface area contributed by atoms with Gasteiger partial charge in [-0.3, -0.25) is 0 Å². The zero-order valence-corrected chi connectivity index (χ0v) is 9.28. The highest BCUT2D eigenvalue weighted by molar-refractivity contribution is 5.70. The van der Waals surface area contributed by atoms with Gasteiger partial charge in [-0.1, -0.05) is 32.0 Å². The van der Waals surface area contributed by atoms with Gasteiger partial charge in [0.1, 0.15) is 0 Å². The Morgan fingerprint density at radius 1 is 1.33 bits per heavy atom. The monoisotopic (exact) mass is 198 g/mol. The molecule has 0 aliphatic carbocycles. The van der Waals surface area contributed by atoms with E-state index in [9.17, 15) is 0 Å². The average molecular weight is 198 g/mol. The van der Waals surface area contributed by atoms with Crippen molar-refractivity contribution < 1.29 is 0 Å². The highest BCUT2D eigenvalue weighted by Gasteiger charge is 2.37. The second-order valence-corrected chi connectivity index (χ2v) is 4.36. The molecule has 1 aliphatic heterocycles. The maximum absolute atomic E-state index is 8.80. The lowest BCUT2D eigenvalue weighted by atomic mass is 9.84. The van der Waals surface area contributed by atoms with E-state index in [1.165, 1.54) is 11.3 Å². The number of allylic oxidation sites excluding steroid dienone is 2. The molecule has 15 heavy (non-hydrogen) atoms. The molecule has 0 amide bonds. The third kappa shape index (κ3) is 1.24. The van der Waals surface area contributed by atoms with Gasteiger partial charge < -0.3 is 4.90 Å². The van der Waals surface area contributed by atoms with Crippen molar-refractivity contribution in [2.75, 3.05) is 11.9 Å². The Hall–Kier alpha value is -1.75. The Morgan fingerprint density at radius 2 is 2.00 bits per heavy atom. The fraction of sp³-hybridized carbons (Fsp3) is 0.308. The van der Waals surface area contributed by atoms with Crippen LogP contribution in [0.4, 0.5) is 5.69 Å². The number of anilines is 1. The van der Waals surface area contributed by atoms with Gasteiger partial charge in [0.2, 0.25) is 0 Å². The summed E-state index contributed by atoms with van der Waals surface area (Å²) in [6.45, 7) is 4.30. The van der Waals surface area contributed by atoms with E-state index in [1.54, 1.807) is 6.08 Å². The van der Waals surface area contributed by atoms with Crippen LogP contribution in [-0.4, -0.2) is 7.05 Å². The first-order valence-corrected chi connectivity index (χ1v) is 5.02. The summed E-state index contributed by atoms with van der Waals surface area (Å²) in [5.41, 5.74) is 3.48. The maximum Gasteiger partial charge on any atom is 0.0930 e. The van der Waals surface area contributed by atoms with E-state index in [1.807, 2.05) is 19.2 Å². The van der Waals surface area contributed by atoms with Gasteiger partial charge in [0, 0.05) is 29.9 Å². The summed E-state index contributed by atoms with van der Waals surface area (Å²) >= 11 is 0. The topological polar surface area (TPSA) is 27.0 Å². The van der Waals surface area contributed by atoms with E-state index in [2.05, 4.69) is 36.9 Å². The zero-order chi connectivity index (χ0) is 11.1. The SMILES string of the molecule is CN1/C(=C/C#N)C(C)(C)c2ccccc21. The van der Waals surface area contributed by atoms with Crippen LogP contribution in [0, 0.1) is 11.3 Å². The van der Waals surface area contributed by atoms with Gasteiger partial charge >= 0.3 is 0 Å². The number of rotatable bonds is 0. The summed E-state index contributed by atoms with van der Waals surface area (Å²) in [6, 6.07) is 10.4. The molecule has 1 aliphatic rings. The lowest BCUT2D eigenvalue weighted by molar-refractivity contribution is 0.640. The van der Waals surface area contributed by atoms with Crippen molar-refractivity contribution in [2.45, 2.75) is 19.3 Å². The molecule has 0 atom stereocenters. The van der Waals surface area contributed by atoms with Crippen LogP contribution < -0.4 is 4.90 Å². The number of fused-ring (bicyclic) bond motifs is 1. The van der Waals surface area contributed by atoms with Crippen LogP contribution in [0.3, 0.4) is 0 Å². The van der Waals surface area contributed by atoms with Crippen LogP contribution in [0.1, 0.15) is 19.4 Å². The van der Waals surface area contributed by atoms with Crippen LogP contribution in [0.15, 0.2) is 36.0 Å². The standard InChI is InChI=1S/C13H14N2/c1-13(2)10-6-4-5-7-11(10)15(3)12(13)8-9-14/h4-8H,1-3H3/b12-8+. The minimum atomic E-state index is -0.0684. The molecule has 2 rings (SSSR count). The Kier molecular flexibility index (Phi) is 2.04. The number of benzene rings is 1. The predicted octanol–water partition coefficient (Wildman–Crippen LogP) is 2.82. The molecule has 0 saturated carbocycles. The zero-order valence-electron chi connectivity index (χ0n) is 9.28. The van der Waals surface area contributed by atoms with Crippen molar-refractivity contribution in [1.82, 2.24) is 0 Å². The summed E-state index contributed by atoms with van der Waals surface area (Å²) in [5, 5.41) is 8.80. The van der Waals surface area contributed by atoms with Gasteiger partial charge in [-0.05, 0) is 11.6 Å². The number of nitriles is 1. The van der Waals surface area contributed by atoms with Crippen LogP contribution in [0.25, 0.3) is 0 Å². The predicted molar refractivity (Wildman–Crippen MR) is 61.6 cm³/mol. The van der Waals surface area contributed by atoms with Crippen molar-refractivity contribution in [3.63, 3.8) is 0 Å². The molecule has 76 valence electrons. The molecule has 2 nitrogen and oxygen atoms in total. The van der Waals surface area contributed by atoms with Crippen LogP contribution in [0.5, 0.6) is 0 Å². The van der Waals surface area contributed by atoms with E-state index in [0.29, 0.717) is 0 Å². The van der Waals surface area contributed by atoms with Crippen molar-refractivity contribution in [1.29, 1.82) is 5.26 Å². The number of nitrogens with zero attached hydrogens (tertiary/aromatic N) is 2. The van der Waals surface area contributed by atoms with Crippen molar-refractivity contribution in [3.8, 4) is 6.07 Å². The van der Waals surface area contributed by atoms with Gasteiger partial charge in [0.15, 0.2) is 0 Å². The van der Waals surface area contributed by atoms with Crippen molar-refractivity contribution in [3.05, 3.63) is 41.6 Å². The van der Waals surface area contributed by atoms with E-state index in [4.69, 9.17) is 5.26 Å². The third-order valence-electron chi connectivity index (χ3n) is 3.14. The summed E-state index contributed by atoms with van der Waals surface area (Å²) in [5.74, 6) is 0. The normalized spacial score (nSPS) is 20.1. The molecule has 2 heteroatoms. The lowest BCUT2D eigenvalue weighted by Gasteiger charge is -2.22. The largest absolute Gasteiger partial charge is 0.346 e. The lowest BCUT2D eigenvalue weighted by Crippen LogP contribution is -2.22. The van der Waals surface area contributed by atoms with Crippen LogP contribution >= 0.6 is 0 Å². The summed E-state index contributed by atoms with van der Waals surface area (Å²) in [4.78, 5) is 2.10. The Balaban J connectivity index is 2.66. The first kappa shape index (κ1) is 9.79. The highest BCUT2D eigenvalue weighted by Crippen LogP contribution is 2.46. The molecule has 1 aromatic carbocycles. The molecule has 0 bridgehead atoms. The molecule has 0 fully saturated rings. The third-order valence-corrected chi connectivity index (χ3v) is 3.14. The molecule has 1 heterocycles. The number of para-hydroxylation sites is 1. The maximum atomic E-state index is 8.80. The number of likely N-dealkylation sites (N-methyl/N-ethyl adjacent to an activating group) is 1. The summed E-state index contributed by atoms with van der Waals surface area (Å²) < 4.78 is 0. The van der Waals surface area contributed by atoms with E-state index < -0.39 is 0 Å². The Labute approximate surface area is 90.4 Å². The van der Waals surface area contributed by atoms with Crippen molar-refractivity contribution in [2.24, 2.45) is 0 Å². The first-order valence-electron chi connectivity index (χ1n) is 5.02. The molecule has 1 aromatic rings. The van der Waals surface area contributed by atoms with Gasteiger partial charge in [0.25, 0.3) is 0 Å². The van der Waals surface area contributed by atoms with Gasteiger partial charge in [0.05, 0.1) is 6.07 Å². The number of hydrogen-bond acceptors (Lipinski definition) is 2. The molecule has 0 spiro atoms. The number of hydrogen-bond donors (Lipinski definition) is 0. The highest BCUT2D eigenvalue weighted by atomic mass is 15.2. The first-order chi connectivity index (χ1) is 7.09. The van der Waals surface area contributed by atoms with E-state index >= 15 is 0 Å². The Morgan fingerprint density at radius 3 is 2.60 bits per heavy atom. The molecule has 0 aromatic heterocycles. The molecule has 0 N–H and O–H groups in total. The van der Waals surface area contributed by atoms with Gasteiger partial charge in [-0.2, -0.15) is 5.26 Å². The molecule has 0 saturated heterocycles. The summed E-state index contributed by atoms with van der Waals surface area (Å²) in [6.07, 6.45) is 1.64. The fourth-order valence-electron chi connectivity index (χ4n) is 2.32. The Bertz CT molecular complexity index is 464. The molecule has 0 radical (unpaired) electrons. The second-order valence-electron chi connectivity index (χ2n) is 4.36. The summed E-state index contributed by atoms with van der Waals surface area (Å²) in [7, 11) is 2.01. The van der Waals surface area contributed by atoms with E-state index in [-0.39, 0.29) is 5.41 Å². The van der Waals surface area contributed by atoms with Crippen LogP contribution in [-0.2, 0) is 5.41 Å². The minimum absolute atomic E-state index is 0.0684. The van der Waals surface area contributed by atoms with E-state index in [0.717, 1.165) is 5.70 Å². The van der Waals surface area contributed by atoms with Gasteiger partial charge in [-0.25, -0.2) is 0 Å². The molecular formula is C13H14N2. The fourth-order valence-corrected chi connectivity index (χ4v) is 2.32. The quantitative estimate of drug-likeness (QED) is 0.599. The minimum Gasteiger partial charge on any atom is -0.346 e. The molecule has 0 unspecified atom stereocenters. The van der Waals surface area contributed by atoms with Gasteiger partial charge in [-0.15, -0.1) is 0 Å². The average Bonchev–Trinajstić information content (AvgIpc) is 2.41. The molecular weight excluding hydrogens is 184 g/mol. The smallest absolute Gasteiger partial charge is 0.0930 e.